The van der Waals surface area contributed by atoms with E-state index in [-0.39, 0.29) is 12.0 Å². The van der Waals surface area contributed by atoms with Gasteiger partial charge in [-0.15, -0.1) is 0 Å². The maximum atomic E-state index is 14.0. The Morgan fingerprint density at radius 3 is 2.67 bits per heavy atom. The van der Waals surface area contributed by atoms with E-state index in [0.29, 0.717) is 23.2 Å². The van der Waals surface area contributed by atoms with Gasteiger partial charge in [0, 0.05) is 56.9 Å². The zero-order valence-corrected chi connectivity index (χ0v) is 22.0. The quantitative estimate of drug-likeness (QED) is 0.367. The number of alkyl halides is 3. The van der Waals surface area contributed by atoms with Gasteiger partial charge in [-0.2, -0.15) is 18.3 Å². The first-order chi connectivity index (χ1) is 18.6. The molecule has 204 valence electrons. The molecule has 1 unspecified atom stereocenters. The van der Waals surface area contributed by atoms with Crippen molar-refractivity contribution in [3.63, 3.8) is 0 Å². The summed E-state index contributed by atoms with van der Waals surface area (Å²) in [7, 11) is 2.02. The Morgan fingerprint density at radius 1 is 1.18 bits per heavy atom. The van der Waals surface area contributed by atoms with Crippen LogP contribution >= 0.6 is 0 Å². The minimum atomic E-state index is -4.63. The number of amides is 1. The molecule has 0 aromatic carbocycles. The average Bonchev–Trinajstić information content (AvgIpc) is 3.30. The molecule has 0 aliphatic carbocycles. The third-order valence-corrected chi connectivity index (χ3v) is 6.56. The summed E-state index contributed by atoms with van der Waals surface area (Å²) in [4.78, 5) is 21.2. The first-order valence-corrected chi connectivity index (χ1v) is 12.6. The molecule has 3 aromatic heterocycles. The third-order valence-electron chi connectivity index (χ3n) is 6.56. The number of nitrogens with zero attached hydrogens (tertiary/aromatic N) is 5. The Kier molecular flexibility index (Phi) is 8.84. The van der Waals surface area contributed by atoms with Crippen LogP contribution in [-0.2, 0) is 0 Å². The Labute approximate surface area is 226 Å². The van der Waals surface area contributed by atoms with E-state index in [2.05, 4.69) is 43.6 Å². The molecule has 1 fully saturated rings. The van der Waals surface area contributed by atoms with Crippen molar-refractivity contribution in [1.82, 2.24) is 29.7 Å². The summed E-state index contributed by atoms with van der Waals surface area (Å²) in [6.45, 7) is 9.24. The van der Waals surface area contributed by atoms with Gasteiger partial charge in [0.2, 0.25) is 0 Å². The predicted molar refractivity (Wildman–Crippen MR) is 144 cm³/mol. The first kappa shape index (κ1) is 28.1. The second-order valence-electron chi connectivity index (χ2n) is 9.72. The number of rotatable bonds is 7. The number of pyridine rings is 2. The van der Waals surface area contributed by atoms with Gasteiger partial charge < -0.3 is 10.2 Å². The molecule has 0 saturated carbocycles. The zero-order valence-electron chi connectivity index (χ0n) is 22.0. The molecule has 1 aliphatic rings. The highest BCUT2D eigenvalue weighted by Gasteiger charge is 2.41. The molecule has 1 atom stereocenters. The Morgan fingerprint density at radius 2 is 1.95 bits per heavy atom. The van der Waals surface area contributed by atoms with Crippen molar-refractivity contribution in [3.8, 4) is 11.8 Å². The topological polar surface area (TPSA) is 65.8 Å². The van der Waals surface area contributed by atoms with Gasteiger partial charge in [-0.05, 0) is 44.2 Å². The van der Waals surface area contributed by atoms with E-state index in [4.69, 9.17) is 0 Å². The van der Waals surface area contributed by atoms with Crippen molar-refractivity contribution in [2.75, 3.05) is 39.8 Å². The van der Waals surface area contributed by atoms with E-state index < -0.39 is 18.1 Å². The lowest BCUT2D eigenvalue weighted by Crippen LogP contribution is -2.48. The lowest BCUT2D eigenvalue weighted by molar-refractivity contribution is -0.153. The van der Waals surface area contributed by atoms with E-state index in [0.717, 1.165) is 37.3 Å². The highest BCUT2D eigenvalue weighted by Crippen LogP contribution is 2.26. The number of hydrogen-bond donors (Lipinski definition) is 1. The number of carbonyl (C=O) groups excluding carboxylic acids is 1. The number of piperazine rings is 1. The molecule has 1 aliphatic heterocycles. The van der Waals surface area contributed by atoms with Crippen LogP contribution in [0.25, 0.3) is 5.52 Å². The molecule has 39 heavy (non-hydrogen) atoms. The van der Waals surface area contributed by atoms with Gasteiger partial charge in [0.25, 0.3) is 5.91 Å². The van der Waals surface area contributed by atoms with Gasteiger partial charge in [0.05, 0.1) is 22.8 Å². The maximum Gasteiger partial charge on any atom is 0.408 e. The summed E-state index contributed by atoms with van der Waals surface area (Å²) < 4.78 is 43.7. The summed E-state index contributed by atoms with van der Waals surface area (Å²) >= 11 is 0. The molecule has 0 radical (unpaired) electrons. The minimum Gasteiger partial charge on any atom is -0.340 e. The standard InChI is InChI=1S/C29H31F3N6O/c1-4-5-23(20-37-12-10-36(3)11-13-37)16-27(29(30,31)32)35-28(39)25-15-22(17-33-18-25)6-7-24-19-34-38-9-8-21(2)14-26(24)38/h4-5,8-9,14-15,17-19,27H,1,10-13,16,20H2,2-3H3,(H,35,39)/b23-5+. The van der Waals surface area contributed by atoms with Crippen molar-refractivity contribution < 1.29 is 18.0 Å². The van der Waals surface area contributed by atoms with E-state index in [1.54, 1.807) is 16.8 Å². The van der Waals surface area contributed by atoms with Crippen LogP contribution in [0.15, 0.2) is 67.3 Å². The summed E-state index contributed by atoms with van der Waals surface area (Å²) in [6.07, 6.45) is 4.25. The summed E-state index contributed by atoms with van der Waals surface area (Å²) in [5.74, 6) is 5.09. The van der Waals surface area contributed by atoms with Gasteiger partial charge in [-0.3, -0.25) is 14.7 Å². The molecule has 4 heterocycles. The second-order valence-corrected chi connectivity index (χ2v) is 9.72. The van der Waals surface area contributed by atoms with Crippen molar-refractivity contribution in [2.24, 2.45) is 0 Å². The fourth-order valence-electron chi connectivity index (χ4n) is 4.35. The molecule has 1 saturated heterocycles. The van der Waals surface area contributed by atoms with Crippen molar-refractivity contribution >= 4 is 11.4 Å². The SMILES string of the molecule is C=C/C=C(\CC(NC(=O)c1cncc(C#Cc2cnn3ccc(C)cc23)c1)C(F)(F)F)CN1CCN(C)CC1. The Balaban J connectivity index is 1.48. The lowest BCUT2D eigenvalue weighted by Gasteiger charge is -2.33. The normalized spacial score (nSPS) is 16.0. The van der Waals surface area contributed by atoms with E-state index in [1.165, 1.54) is 24.5 Å². The highest BCUT2D eigenvalue weighted by molar-refractivity contribution is 5.94. The fraction of sp³-hybridized carbons (Fsp3) is 0.345. The molecule has 0 bridgehead atoms. The number of halogens is 3. The van der Waals surface area contributed by atoms with E-state index in [9.17, 15) is 18.0 Å². The van der Waals surface area contributed by atoms with Gasteiger partial charge in [-0.25, -0.2) is 4.52 Å². The fourth-order valence-corrected chi connectivity index (χ4v) is 4.35. The molecule has 1 N–H and O–H groups in total. The van der Waals surface area contributed by atoms with Gasteiger partial charge >= 0.3 is 6.18 Å². The van der Waals surface area contributed by atoms with Crippen LogP contribution in [0.3, 0.4) is 0 Å². The zero-order chi connectivity index (χ0) is 28.0. The van der Waals surface area contributed by atoms with Crippen LogP contribution in [0.2, 0.25) is 0 Å². The van der Waals surface area contributed by atoms with Gasteiger partial charge in [-0.1, -0.05) is 36.1 Å². The van der Waals surface area contributed by atoms with Crippen LogP contribution in [0.4, 0.5) is 13.2 Å². The molecule has 4 rings (SSSR count). The number of fused-ring (bicyclic) bond motifs is 1. The number of aromatic nitrogens is 3. The van der Waals surface area contributed by atoms with Crippen LogP contribution in [0.5, 0.6) is 0 Å². The second kappa shape index (κ2) is 12.3. The smallest absolute Gasteiger partial charge is 0.340 e. The highest BCUT2D eigenvalue weighted by atomic mass is 19.4. The Hall–Kier alpha value is -3.94. The molecular weight excluding hydrogens is 505 g/mol. The molecule has 0 spiro atoms. The molecule has 7 nitrogen and oxygen atoms in total. The predicted octanol–water partition coefficient (Wildman–Crippen LogP) is 3.85. The number of likely N-dealkylation sites (N-methyl/N-ethyl adjacent to an activating group) is 1. The number of carbonyl (C=O) groups is 1. The summed E-state index contributed by atoms with van der Waals surface area (Å²) in [5.41, 5.74) is 3.53. The third kappa shape index (κ3) is 7.56. The van der Waals surface area contributed by atoms with Crippen molar-refractivity contribution in [2.45, 2.75) is 25.6 Å². The molecule has 3 aromatic rings. The Bertz CT molecular complexity index is 1420. The number of allylic oxidation sites excluding steroid dienone is 2. The minimum absolute atomic E-state index is 0.0000709. The van der Waals surface area contributed by atoms with Crippen LogP contribution in [-0.4, -0.2) is 82.3 Å². The van der Waals surface area contributed by atoms with Crippen molar-refractivity contribution in [3.05, 3.63) is 89.5 Å². The summed E-state index contributed by atoms with van der Waals surface area (Å²) in [5, 5.41) is 6.43. The van der Waals surface area contributed by atoms with Crippen LogP contribution in [0.1, 0.15) is 33.5 Å². The number of hydrogen-bond acceptors (Lipinski definition) is 5. The summed E-state index contributed by atoms with van der Waals surface area (Å²) in [6, 6.07) is 3.26. The number of aryl methyl sites for hydroxylation is 1. The van der Waals surface area contributed by atoms with Crippen molar-refractivity contribution in [1.29, 1.82) is 0 Å². The monoisotopic (exact) mass is 536 g/mol. The van der Waals surface area contributed by atoms with E-state index in [1.807, 2.05) is 32.3 Å². The van der Waals surface area contributed by atoms with Gasteiger partial charge in [0.15, 0.2) is 0 Å². The van der Waals surface area contributed by atoms with E-state index >= 15 is 0 Å². The largest absolute Gasteiger partial charge is 0.408 e. The van der Waals surface area contributed by atoms with Crippen LogP contribution < -0.4 is 5.32 Å². The number of nitrogens with one attached hydrogen (secondary N) is 1. The molecule has 1 amide bonds. The van der Waals surface area contributed by atoms with Crippen LogP contribution in [0, 0.1) is 18.8 Å². The molecular formula is C29H31F3N6O. The first-order valence-electron chi connectivity index (χ1n) is 12.6. The van der Waals surface area contributed by atoms with Gasteiger partial charge in [0.1, 0.15) is 6.04 Å². The average molecular weight is 537 g/mol. The lowest BCUT2D eigenvalue weighted by atomic mass is 10.0. The maximum absolute atomic E-state index is 14.0. The molecule has 10 heteroatoms.